The molecule has 1 fully saturated rings. The van der Waals surface area contributed by atoms with Crippen LogP contribution in [0, 0.1) is 0 Å². The molecule has 2 aromatic rings. The van der Waals surface area contributed by atoms with E-state index in [2.05, 4.69) is 10.5 Å². The maximum Gasteiger partial charge on any atom is 0.254 e. The van der Waals surface area contributed by atoms with Gasteiger partial charge >= 0.3 is 0 Å². The van der Waals surface area contributed by atoms with Crippen LogP contribution in [-0.2, 0) is 9.53 Å². The third-order valence-corrected chi connectivity index (χ3v) is 4.46. The van der Waals surface area contributed by atoms with E-state index in [0.29, 0.717) is 33.0 Å². The van der Waals surface area contributed by atoms with Crippen LogP contribution >= 0.6 is 0 Å². The molecular formula is C21H27N3O4. The Morgan fingerprint density at radius 2 is 1.93 bits per heavy atom. The number of morpholine rings is 1. The molecule has 28 heavy (non-hydrogen) atoms. The first kappa shape index (κ1) is 20.1. The van der Waals surface area contributed by atoms with Gasteiger partial charge in [0.05, 0.1) is 39.2 Å². The van der Waals surface area contributed by atoms with Gasteiger partial charge in [0.2, 0.25) is 0 Å². The first-order chi connectivity index (χ1) is 13.7. The first-order valence-corrected chi connectivity index (χ1v) is 9.65. The Morgan fingerprint density at radius 3 is 2.68 bits per heavy atom. The van der Waals surface area contributed by atoms with Gasteiger partial charge in [-0.1, -0.05) is 12.1 Å². The lowest BCUT2D eigenvalue weighted by molar-refractivity contribution is -0.123. The third-order valence-electron chi connectivity index (χ3n) is 4.46. The molecule has 0 bridgehead atoms. The lowest BCUT2D eigenvalue weighted by Gasteiger charge is -2.25. The number of ether oxygens (including phenoxy) is 3. The van der Waals surface area contributed by atoms with Crippen LogP contribution in [0.5, 0.6) is 11.5 Å². The van der Waals surface area contributed by atoms with Gasteiger partial charge < -0.3 is 14.2 Å². The normalized spacial score (nSPS) is 15.1. The molecule has 0 aromatic heterocycles. The van der Waals surface area contributed by atoms with E-state index in [1.165, 1.54) is 0 Å². The van der Waals surface area contributed by atoms with Crippen LogP contribution in [-0.4, -0.2) is 63.1 Å². The Morgan fingerprint density at radius 1 is 1.18 bits per heavy atom. The summed E-state index contributed by atoms with van der Waals surface area (Å²) in [6, 6.07) is 9.84. The van der Waals surface area contributed by atoms with E-state index in [-0.39, 0.29) is 5.91 Å². The van der Waals surface area contributed by atoms with Crippen LogP contribution in [0.25, 0.3) is 10.8 Å². The number of hydrogen-bond donors (Lipinski definition) is 1. The number of hydrazone groups is 1. The maximum atomic E-state index is 12.2. The molecule has 0 atom stereocenters. The van der Waals surface area contributed by atoms with Gasteiger partial charge in [0, 0.05) is 18.7 Å². The molecule has 0 radical (unpaired) electrons. The summed E-state index contributed by atoms with van der Waals surface area (Å²) in [5, 5.41) is 6.18. The van der Waals surface area contributed by atoms with Crippen LogP contribution in [0.4, 0.5) is 0 Å². The van der Waals surface area contributed by atoms with Crippen LogP contribution in [0.15, 0.2) is 35.4 Å². The molecule has 7 heteroatoms. The summed E-state index contributed by atoms with van der Waals surface area (Å²) >= 11 is 0. The minimum atomic E-state index is -0.147. The zero-order chi connectivity index (χ0) is 19.8. The number of nitrogens with zero attached hydrogens (tertiary/aromatic N) is 2. The molecular weight excluding hydrogens is 358 g/mol. The highest BCUT2D eigenvalue weighted by molar-refractivity contribution is 6.03. The van der Waals surface area contributed by atoms with Crippen molar-refractivity contribution in [1.82, 2.24) is 10.3 Å². The van der Waals surface area contributed by atoms with Crippen molar-refractivity contribution >= 4 is 22.9 Å². The number of amides is 1. The molecule has 1 heterocycles. The first-order valence-electron chi connectivity index (χ1n) is 9.65. The molecule has 0 spiro atoms. The molecule has 7 nitrogen and oxygen atoms in total. The molecule has 0 saturated carbocycles. The largest absolute Gasteiger partial charge is 0.494 e. The average molecular weight is 385 g/mol. The molecule has 1 aliphatic rings. The lowest BCUT2D eigenvalue weighted by atomic mass is 10.0. The summed E-state index contributed by atoms with van der Waals surface area (Å²) in [6.45, 7) is 8.17. The summed E-state index contributed by atoms with van der Waals surface area (Å²) in [6.07, 6.45) is 1.64. The molecule has 1 amide bonds. The second-order valence-corrected chi connectivity index (χ2v) is 6.41. The highest BCUT2D eigenvalue weighted by atomic mass is 16.5. The second kappa shape index (κ2) is 10.1. The molecule has 0 unspecified atom stereocenters. The predicted molar refractivity (Wildman–Crippen MR) is 109 cm³/mol. The predicted octanol–water partition coefficient (Wildman–Crippen LogP) is 2.42. The lowest BCUT2D eigenvalue weighted by Crippen LogP contribution is -2.42. The van der Waals surface area contributed by atoms with Gasteiger partial charge in [-0.3, -0.25) is 9.69 Å². The van der Waals surface area contributed by atoms with Crippen molar-refractivity contribution < 1.29 is 19.0 Å². The van der Waals surface area contributed by atoms with E-state index in [0.717, 1.165) is 40.9 Å². The number of rotatable bonds is 8. The molecule has 1 saturated heterocycles. The van der Waals surface area contributed by atoms with Crippen molar-refractivity contribution in [2.75, 3.05) is 46.1 Å². The summed E-state index contributed by atoms with van der Waals surface area (Å²) in [5.74, 6) is 1.36. The van der Waals surface area contributed by atoms with Crippen LogP contribution in [0.3, 0.4) is 0 Å². The fraction of sp³-hybridized carbons (Fsp3) is 0.429. The maximum absolute atomic E-state index is 12.2. The van der Waals surface area contributed by atoms with Crippen molar-refractivity contribution in [2.24, 2.45) is 5.10 Å². The van der Waals surface area contributed by atoms with Crippen molar-refractivity contribution in [1.29, 1.82) is 0 Å². The molecule has 0 aliphatic carbocycles. The van der Waals surface area contributed by atoms with E-state index in [1.54, 1.807) is 6.21 Å². The molecule has 2 aromatic carbocycles. The van der Waals surface area contributed by atoms with E-state index in [9.17, 15) is 4.79 Å². The Labute approximate surface area is 165 Å². The Balaban J connectivity index is 1.78. The summed E-state index contributed by atoms with van der Waals surface area (Å²) in [5.41, 5.74) is 3.43. The van der Waals surface area contributed by atoms with Gasteiger partial charge in [0.25, 0.3) is 5.91 Å². The fourth-order valence-electron chi connectivity index (χ4n) is 3.14. The monoisotopic (exact) mass is 385 g/mol. The van der Waals surface area contributed by atoms with Gasteiger partial charge in [0.15, 0.2) is 0 Å². The highest BCUT2D eigenvalue weighted by Gasteiger charge is 2.14. The van der Waals surface area contributed by atoms with Crippen LogP contribution in [0.2, 0.25) is 0 Å². The molecule has 1 N–H and O–H groups in total. The number of hydrogen-bond acceptors (Lipinski definition) is 6. The molecule has 150 valence electrons. The number of carbonyl (C=O) groups excluding carboxylic acids is 1. The van der Waals surface area contributed by atoms with E-state index in [1.807, 2.05) is 49.1 Å². The van der Waals surface area contributed by atoms with Crippen molar-refractivity contribution in [3.8, 4) is 11.5 Å². The Bertz CT molecular complexity index is 827. The number of nitrogens with one attached hydrogen (secondary N) is 1. The van der Waals surface area contributed by atoms with Gasteiger partial charge in [-0.25, -0.2) is 5.43 Å². The van der Waals surface area contributed by atoms with Gasteiger partial charge in [-0.05, 0) is 42.8 Å². The summed E-state index contributed by atoms with van der Waals surface area (Å²) in [4.78, 5) is 14.2. The Hall–Kier alpha value is -2.64. The van der Waals surface area contributed by atoms with Gasteiger partial charge in [-0.15, -0.1) is 0 Å². The summed E-state index contributed by atoms with van der Waals surface area (Å²) in [7, 11) is 0. The minimum Gasteiger partial charge on any atom is -0.494 e. The van der Waals surface area contributed by atoms with Crippen molar-refractivity contribution in [2.45, 2.75) is 13.8 Å². The summed E-state index contributed by atoms with van der Waals surface area (Å²) < 4.78 is 16.7. The fourth-order valence-corrected chi connectivity index (χ4v) is 3.14. The minimum absolute atomic E-state index is 0.147. The van der Waals surface area contributed by atoms with Crippen molar-refractivity contribution in [3.05, 3.63) is 35.9 Å². The smallest absolute Gasteiger partial charge is 0.254 e. The third kappa shape index (κ3) is 5.21. The Kier molecular flexibility index (Phi) is 7.22. The van der Waals surface area contributed by atoms with Crippen LogP contribution in [0.1, 0.15) is 19.4 Å². The van der Waals surface area contributed by atoms with Crippen molar-refractivity contribution in [3.63, 3.8) is 0 Å². The topological polar surface area (TPSA) is 72.4 Å². The van der Waals surface area contributed by atoms with E-state index < -0.39 is 0 Å². The standard InChI is InChI=1S/C21H27N3O4/c1-3-27-17-7-5-16-6-8-20(28-4-2)19(18(16)13-17)14-22-23-21(25)15-24-9-11-26-12-10-24/h5-8,13-14H,3-4,9-12,15H2,1-2H3,(H,23,25)/b22-14-. The zero-order valence-electron chi connectivity index (χ0n) is 16.4. The van der Waals surface area contributed by atoms with Crippen LogP contribution < -0.4 is 14.9 Å². The van der Waals surface area contributed by atoms with Gasteiger partial charge in [-0.2, -0.15) is 5.10 Å². The average Bonchev–Trinajstić information content (AvgIpc) is 2.70. The zero-order valence-corrected chi connectivity index (χ0v) is 16.4. The van der Waals surface area contributed by atoms with E-state index in [4.69, 9.17) is 14.2 Å². The quantitative estimate of drug-likeness (QED) is 0.558. The molecule has 3 rings (SSSR count). The second-order valence-electron chi connectivity index (χ2n) is 6.41. The number of carbonyl (C=O) groups is 1. The molecule has 1 aliphatic heterocycles. The highest BCUT2D eigenvalue weighted by Crippen LogP contribution is 2.30. The number of benzene rings is 2. The van der Waals surface area contributed by atoms with Gasteiger partial charge in [0.1, 0.15) is 11.5 Å². The number of fused-ring (bicyclic) bond motifs is 1. The van der Waals surface area contributed by atoms with E-state index >= 15 is 0 Å². The SMILES string of the molecule is CCOc1ccc2ccc(OCC)c(/C=N\NC(=O)CN3CCOCC3)c2c1.